The molecular weight excluding hydrogens is 508 g/mol. The Balaban J connectivity index is 1.43. The highest BCUT2D eigenvalue weighted by atomic mass is 32.2. The molecule has 36 heavy (non-hydrogen) atoms. The van der Waals surface area contributed by atoms with Crippen molar-refractivity contribution in [1.29, 1.82) is 0 Å². The van der Waals surface area contributed by atoms with Gasteiger partial charge in [-0.1, -0.05) is 0 Å². The number of likely N-dealkylation sites (tertiary alicyclic amines) is 1. The molecule has 3 atom stereocenters. The Labute approximate surface area is 212 Å². The highest BCUT2D eigenvalue weighted by molar-refractivity contribution is 7.92. The Bertz CT molecular complexity index is 1200. The predicted molar refractivity (Wildman–Crippen MR) is 132 cm³/mol. The third kappa shape index (κ3) is 5.57. The molecule has 2 amide bonds. The first kappa shape index (κ1) is 26.9. The molecule has 14 heteroatoms. The van der Waals surface area contributed by atoms with Crippen molar-refractivity contribution in [3.63, 3.8) is 0 Å². The molecule has 12 nitrogen and oxygen atoms in total. The van der Waals surface area contributed by atoms with E-state index in [1.165, 1.54) is 16.6 Å². The summed E-state index contributed by atoms with van der Waals surface area (Å²) in [6.45, 7) is 2.71. The molecule has 4 heterocycles. The third-order valence-electron chi connectivity index (χ3n) is 7.26. The maximum Gasteiger partial charge on any atom is 0.241 e. The number of hydrogen-bond acceptors (Lipinski definition) is 9. The first-order valence-electron chi connectivity index (χ1n) is 12.2. The zero-order chi connectivity index (χ0) is 26.1. The second kappa shape index (κ2) is 10.7. The van der Waals surface area contributed by atoms with E-state index < -0.39 is 31.0 Å². The average Bonchev–Trinajstić information content (AvgIpc) is 2.88. The van der Waals surface area contributed by atoms with Crippen LogP contribution in [0.3, 0.4) is 0 Å². The minimum Gasteiger partial charge on any atom is -0.340 e. The Morgan fingerprint density at radius 1 is 1.14 bits per heavy atom. The Morgan fingerprint density at radius 2 is 1.86 bits per heavy atom. The van der Waals surface area contributed by atoms with Crippen LogP contribution in [0.1, 0.15) is 24.8 Å². The number of sulfonamides is 1. The van der Waals surface area contributed by atoms with Crippen molar-refractivity contribution in [3.05, 3.63) is 23.9 Å². The number of nitrogens with two attached hydrogens (primary N) is 1. The van der Waals surface area contributed by atoms with Gasteiger partial charge in [-0.2, -0.15) is 4.31 Å². The number of rotatable bonds is 6. The fourth-order valence-electron chi connectivity index (χ4n) is 5.24. The summed E-state index contributed by atoms with van der Waals surface area (Å²) in [6, 6.07) is 2.75. The molecule has 0 aliphatic carbocycles. The van der Waals surface area contributed by atoms with Gasteiger partial charge in [-0.15, -0.1) is 0 Å². The largest absolute Gasteiger partial charge is 0.340 e. The van der Waals surface area contributed by atoms with Crippen LogP contribution in [0, 0.1) is 5.92 Å². The number of piperidine rings is 2. The van der Waals surface area contributed by atoms with Gasteiger partial charge in [0.25, 0.3) is 0 Å². The van der Waals surface area contributed by atoms with Crippen LogP contribution >= 0.6 is 0 Å². The second-order valence-corrected chi connectivity index (χ2v) is 13.7. The zero-order valence-corrected chi connectivity index (χ0v) is 22.0. The molecule has 0 bridgehead atoms. The smallest absolute Gasteiger partial charge is 0.241 e. The molecule has 3 N–H and O–H groups in total. The molecule has 4 rings (SSSR count). The van der Waals surface area contributed by atoms with Crippen LogP contribution < -0.4 is 11.1 Å². The number of amides is 2. The first-order chi connectivity index (χ1) is 17.0. The number of carbonyl (C=O) groups excluding carboxylic acids is 2. The van der Waals surface area contributed by atoms with E-state index >= 15 is 0 Å². The lowest BCUT2D eigenvalue weighted by Crippen LogP contribution is -2.59. The normalized spacial score (nSPS) is 26.7. The van der Waals surface area contributed by atoms with E-state index in [9.17, 15) is 26.4 Å². The molecule has 0 aromatic carbocycles. The standard InChI is InChI=1S/C22H34N6O6S2/c1-35(31,32)27-9-7-26(8-10-27)21(29)17-12-18(15-24-14-17)28-6-2-3-19(22(28)30)36(33,34)20-11-16(13-23)4-5-25-20/h4-5,11,17-19,24H,2-3,6-10,12-15,23H2,1H3/t17?,18?,19-/m1/s1. The van der Waals surface area contributed by atoms with E-state index in [0.29, 0.717) is 51.1 Å². The van der Waals surface area contributed by atoms with E-state index in [2.05, 4.69) is 10.3 Å². The summed E-state index contributed by atoms with van der Waals surface area (Å²) < 4.78 is 51.5. The van der Waals surface area contributed by atoms with E-state index in [0.717, 1.165) is 6.26 Å². The number of hydrogen-bond donors (Lipinski definition) is 2. The fraction of sp³-hybridized carbons (Fsp3) is 0.682. The average molecular weight is 543 g/mol. The molecule has 1 aromatic heterocycles. The number of carbonyl (C=O) groups is 2. The maximum atomic E-state index is 13.4. The molecule has 2 unspecified atom stereocenters. The van der Waals surface area contributed by atoms with Gasteiger partial charge in [0.1, 0.15) is 5.25 Å². The summed E-state index contributed by atoms with van der Waals surface area (Å²) in [5, 5.41) is 1.87. The van der Waals surface area contributed by atoms with Gasteiger partial charge < -0.3 is 20.9 Å². The quantitative estimate of drug-likeness (QED) is 0.430. The van der Waals surface area contributed by atoms with Crippen molar-refractivity contribution >= 4 is 31.7 Å². The SMILES string of the molecule is CS(=O)(=O)N1CCN(C(=O)C2CNCC(N3CCC[C@@H](S(=O)(=O)c4cc(CN)ccn4)C3=O)C2)CC1. The van der Waals surface area contributed by atoms with Crippen molar-refractivity contribution < 1.29 is 26.4 Å². The third-order valence-corrected chi connectivity index (χ3v) is 10.6. The van der Waals surface area contributed by atoms with E-state index in [1.807, 2.05) is 0 Å². The van der Waals surface area contributed by atoms with Crippen LogP contribution in [0.25, 0.3) is 0 Å². The van der Waals surface area contributed by atoms with Crippen molar-refractivity contribution in [3.8, 4) is 0 Å². The van der Waals surface area contributed by atoms with Crippen LogP contribution in [-0.4, -0.2) is 111 Å². The minimum atomic E-state index is -3.99. The molecule has 3 fully saturated rings. The van der Waals surface area contributed by atoms with Crippen LogP contribution in [0.5, 0.6) is 0 Å². The number of nitrogens with one attached hydrogen (secondary N) is 1. The lowest BCUT2D eigenvalue weighted by atomic mass is 9.92. The molecule has 0 saturated carbocycles. The van der Waals surface area contributed by atoms with Crippen molar-refractivity contribution in [2.45, 2.75) is 42.1 Å². The molecule has 1 aromatic rings. The number of nitrogens with zero attached hydrogens (tertiary/aromatic N) is 4. The lowest BCUT2D eigenvalue weighted by molar-refractivity contribution is -0.141. The first-order valence-corrected chi connectivity index (χ1v) is 15.6. The topological polar surface area (TPSA) is 163 Å². The summed E-state index contributed by atoms with van der Waals surface area (Å²) >= 11 is 0. The Kier molecular flexibility index (Phi) is 8.00. The minimum absolute atomic E-state index is 0.0724. The van der Waals surface area contributed by atoms with Crippen molar-refractivity contribution in [2.75, 3.05) is 52.1 Å². The van der Waals surface area contributed by atoms with Crippen LogP contribution in [0.4, 0.5) is 0 Å². The number of sulfone groups is 1. The van der Waals surface area contributed by atoms with E-state index in [1.54, 1.807) is 15.9 Å². The van der Waals surface area contributed by atoms with Gasteiger partial charge in [-0.05, 0) is 37.0 Å². The Morgan fingerprint density at radius 3 is 2.53 bits per heavy atom. The van der Waals surface area contributed by atoms with Gasteiger partial charge >= 0.3 is 0 Å². The highest BCUT2D eigenvalue weighted by Gasteiger charge is 2.44. The monoisotopic (exact) mass is 542 g/mol. The number of pyridine rings is 1. The molecule has 0 radical (unpaired) electrons. The fourth-order valence-corrected chi connectivity index (χ4v) is 7.76. The predicted octanol–water partition coefficient (Wildman–Crippen LogP) is -1.61. The lowest BCUT2D eigenvalue weighted by Gasteiger charge is -2.42. The molecule has 3 aliphatic heterocycles. The van der Waals surface area contributed by atoms with Gasteiger partial charge in [-0.3, -0.25) is 9.59 Å². The van der Waals surface area contributed by atoms with Gasteiger partial charge in [-0.25, -0.2) is 21.8 Å². The van der Waals surface area contributed by atoms with Gasteiger partial charge in [0.05, 0.1) is 12.2 Å². The summed E-state index contributed by atoms with van der Waals surface area (Å²) in [6.07, 6.45) is 3.73. The van der Waals surface area contributed by atoms with Gasteiger partial charge in [0.2, 0.25) is 31.7 Å². The summed E-state index contributed by atoms with van der Waals surface area (Å²) in [5.74, 6) is -0.902. The molecule has 0 spiro atoms. The van der Waals surface area contributed by atoms with E-state index in [4.69, 9.17) is 5.73 Å². The molecule has 3 saturated heterocycles. The highest BCUT2D eigenvalue weighted by Crippen LogP contribution is 2.28. The van der Waals surface area contributed by atoms with Crippen molar-refractivity contribution in [1.82, 2.24) is 24.4 Å². The Hall–Kier alpha value is -2.13. The maximum absolute atomic E-state index is 13.4. The number of aromatic nitrogens is 1. The molecule has 200 valence electrons. The van der Waals surface area contributed by atoms with Crippen LogP contribution in [-0.2, 0) is 36.0 Å². The van der Waals surface area contributed by atoms with E-state index in [-0.39, 0.29) is 48.9 Å². The summed E-state index contributed by atoms with van der Waals surface area (Å²) in [4.78, 5) is 33.9. The number of piperazine rings is 1. The van der Waals surface area contributed by atoms with Crippen molar-refractivity contribution in [2.24, 2.45) is 11.7 Å². The van der Waals surface area contributed by atoms with Crippen LogP contribution in [0.15, 0.2) is 23.4 Å². The van der Waals surface area contributed by atoms with Crippen LogP contribution in [0.2, 0.25) is 0 Å². The zero-order valence-electron chi connectivity index (χ0n) is 20.4. The van der Waals surface area contributed by atoms with Gasteiger partial charge in [0.15, 0.2) is 5.03 Å². The molecule has 3 aliphatic rings. The van der Waals surface area contributed by atoms with Gasteiger partial charge in [0, 0.05) is 64.6 Å². The summed E-state index contributed by atoms with van der Waals surface area (Å²) in [7, 11) is -7.28. The molecular formula is C22H34N6O6S2. The second-order valence-electron chi connectivity index (χ2n) is 9.65. The summed E-state index contributed by atoms with van der Waals surface area (Å²) in [5.41, 5.74) is 6.26.